The minimum atomic E-state index is -1.99. The molecule has 5 rings (SSSR count). The number of aliphatic imine (C=N–C) groups is 1. The van der Waals surface area contributed by atoms with Gasteiger partial charge >= 0.3 is 11.9 Å². The Balaban J connectivity index is 1.45. The first-order valence-electron chi connectivity index (χ1n) is 38.0. The van der Waals surface area contributed by atoms with E-state index in [-0.39, 0.29) is 103 Å². The number of benzene rings is 2. The van der Waals surface area contributed by atoms with Crippen LogP contribution in [0.5, 0.6) is 0 Å². The van der Waals surface area contributed by atoms with Crippen molar-refractivity contribution >= 4 is 112 Å². The summed E-state index contributed by atoms with van der Waals surface area (Å²) in [7, 11) is 0. The number of aliphatic carboxylic acids is 2. The Morgan fingerprint density at radius 3 is 1.54 bits per heavy atom. The van der Waals surface area contributed by atoms with Crippen LogP contribution in [0.15, 0.2) is 65.7 Å². The topological polar surface area (TPSA) is 630 Å². The summed E-state index contributed by atoms with van der Waals surface area (Å²) in [5.74, 6) is -20.1. The van der Waals surface area contributed by atoms with Crippen LogP contribution in [-0.4, -0.2) is 244 Å². The number of nitrogens with one attached hydrogen (secondary N) is 14. The Morgan fingerprint density at radius 2 is 1.01 bits per heavy atom. The summed E-state index contributed by atoms with van der Waals surface area (Å²) in [4.78, 5) is 254. The monoisotopic (exact) mass is 1600 g/mol. The van der Waals surface area contributed by atoms with Gasteiger partial charge in [0.1, 0.15) is 78.5 Å². The summed E-state index contributed by atoms with van der Waals surface area (Å²) in [6, 6.07) is -3.47. The van der Waals surface area contributed by atoms with Crippen LogP contribution < -0.4 is 91.6 Å². The first-order chi connectivity index (χ1) is 54.1. The van der Waals surface area contributed by atoms with Crippen LogP contribution in [0.4, 0.5) is 0 Å². The molecule has 0 saturated carbocycles. The Bertz CT molecular complexity index is 3770. The second-order valence-corrected chi connectivity index (χ2v) is 28.6. The van der Waals surface area contributed by atoms with Gasteiger partial charge in [0.25, 0.3) is 0 Å². The number of primary amides is 1. The van der Waals surface area contributed by atoms with Gasteiger partial charge in [-0.15, -0.1) is 0 Å². The van der Waals surface area contributed by atoms with E-state index in [1.807, 2.05) is 0 Å². The van der Waals surface area contributed by atoms with Gasteiger partial charge < -0.3 is 112 Å². The van der Waals surface area contributed by atoms with Gasteiger partial charge in [-0.25, -0.2) is 0 Å². The van der Waals surface area contributed by atoms with E-state index in [4.69, 9.17) is 17.2 Å². The highest BCUT2D eigenvalue weighted by atomic mass is 16.4. The van der Waals surface area contributed by atoms with Gasteiger partial charge in [0.05, 0.1) is 25.9 Å². The fourth-order valence-corrected chi connectivity index (χ4v) is 12.9. The van der Waals surface area contributed by atoms with Gasteiger partial charge in [-0.1, -0.05) is 94.8 Å². The number of nitrogens with two attached hydrogens (primary N) is 3. The van der Waals surface area contributed by atoms with E-state index in [9.17, 15) is 102 Å². The summed E-state index contributed by atoms with van der Waals surface area (Å²) < 4.78 is 0. The number of aliphatic hydroxyl groups excluding tert-OH is 1. The maximum Gasteiger partial charge on any atom is 0.305 e. The second kappa shape index (κ2) is 46.8. The van der Waals surface area contributed by atoms with E-state index in [1.54, 1.807) is 88.4 Å². The minimum Gasteiger partial charge on any atom is -0.481 e. The molecule has 40 nitrogen and oxygen atoms in total. The summed E-state index contributed by atoms with van der Waals surface area (Å²) in [5.41, 5.74) is 17.8. The number of hydrogen-bond donors (Lipinski definition) is 20. The van der Waals surface area contributed by atoms with E-state index in [2.05, 4.69) is 79.4 Å². The number of nitrogens with zero attached hydrogens (tertiary/aromatic N) is 2. The van der Waals surface area contributed by atoms with Crippen LogP contribution in [-0.2, 0) is 99.1 Å². The van der Waals surface area contributed by atoms with Crippen molar-refractivity contribution in [1.29, 1.82) is 0 Å². The molecule has 40 heteroatoms. The number of aliphatic hydroxyl groups is 1. The third-order valence-electron chi connectivity index (χ3n) is 19.2. The summed E-state index contributed by atoms with van der Waals surface area (Å²) in [5, 5.41) is 65.3. The van der Waals surface area contributed by atoms with Crippen LogP contribution in [0, 0.1) is 11.8 Å². The van der Waals surface area contributed by atoms with Crippen molar-refractivity contribution in [2.45, 2.75) is 229 Å². The number of guanidine groups is 1. The highest BCUT2D eigenvalue weighted by Gasteiger charge is 2.41. The Kier molecular flexibility index (Phi) is 38.1. The van der Waals surface area contributed by atoms with E-state index >= 15 is 0 Å². The van der Waals surface area contributed by atoms with Crippen molar-refractivity contribution in [2.75, 3.05) is 32.8 Å². The SMILES string of the molecule is CC[C@H](C)[C@@H]1NC(=O)[C@H](CO)NC(=O)C(CCCCNC(=O)C2CC(=O)NC(CCCCNC(=O)[C@@H]3CCCN3C(=O)[C@H](Cc3ccccc3)NC(C)=O)C(=O)N[C@@H](CC(=O)O)C(=O)NC(CCC(=O)O)C(=O)NC(Cc3ccccc3)C(=O)N2)NC(=O)CC(C(=O)N[C@H](C(N)=O)C(C)C)NC(=O)C(CCCN=C(N)N)NC1=O. The Labute approximate surface area is 658 Å². The van der Waals surface area contributed by atoms with Crippen molar-refractivity contribution in [3.8, 4) is 0 Å². The average molecular weight is 1600 g/mol. The lowest BCUT2D eigenvalue weighted by molar-refractivity contribution is -0.142. The lowest BCUT2D eigenvalue weighted by atomic mass is 9.97. The highest BCUT2D eigenvalue weighted by molar-refractivity contribution is 6.02. The number of carbonyl (C=O) groups excluding carboxylic acids is 16. The number of carbonyl (C=O) groups is 18. The molecule has 114 heavy (non-hydrogen) atoms. The number of hydrogen-bond acceptors (Lipinski definition) is 20. The lowest BCUT2D eigenvalue weighted by Crippen LogP contribution is -2.62. The first-order valence-corrected chi connectivity index (χ1v) is 38.0. The van der Waals surface area contributed by atoms with Gasteiger partial charge in [-0.2, -0.15) is 0 Å². The quantitative estimate of drug-likeness (QED) is 0.0176. The van der Waals surface area contributed by atoms with Gasteiger partial charge in [0.2, 0.25) is 94.5 Å². The van der Waals surface area contributed by atoms with Gasteiger partial charge in [0, 0.05) is 52.4 Å². The zero-order valence-electron chi connectivity index (χ0n) is 64.5. The van der Waals surface area contributed by atoms with E-state index in [0.29, 0.717) is 18.4 Å². The zero-order chi connectivity index (χ0) is 84.3. The smallest absolute Gasteiger partial charge is 0.305 e. The maximum absolute atomic E-state index is 14.7. The fraction of sp³-hybridized carbons (Fsp3) is 0.581. The predicted octanol–water partition coefficient (Wildman–Crippen LogP) is -5.75. The highest BCUT2D eigenvalue weighted by Crippen LogP contribution is 2.21. The van der Waals surface area contributed by atoms with Crippen molar-refractivity contribution < 1.29 is 102 Å². The molecule has 3 fully saturated rings. The molecule has 14 atom stereocenters. The van der Waals surface area contributed by atoms with Gasteiger partial charge in [0.15, 0.2) is 5.96 Å². The van der Waals surface area contributed by atoms with Crippen molar-refractivity contribution in [3.63, 3.8) is 0 Å². The zero-order valence-corrected chi connectivity index (χ0v) is 64.5. The van der Waals surface area contributed by atoms with E-state index in [0.717, 1.165) is 5.56 Å². The molecule has 2 aromatic rings. The number of rotatable bonds is 34. The molecular weight excluding hydrogens is 1490 g/mol. The molecule has 0 spiro atoms. The van der Waals surface area contributed by atoms with Crippen LogP contribution in [0.1, 0.15) is 148 Å². The molecule has 0 bridgehead atoms. The molecule has 3 heterocycles. The molecule has 7 unspecified atom stereocenters. The van der Waals surface area contributed by atoms with E-state index < -0.39 is 236 Å². The van der Waals surface area contributed by atoms with Crippen LogP contribution in [0.3, 0.4) is 0 Å². The normalized spacial score (nSPS) is 23.3. The van der Waals surface area contributed by atoms with Crippen molar-refractivity contribution in [2.24, 2.45) is 34.0 Å². The third-order valence-corrected chi connectivity index (χ3v) is 19.2. The first kappa shape index (κ1) is 92.7. The molecule has 2 aromatic carbocycles. The molecule has 626 valence electrons. The molecule has 0 radical (unpaired) electrons. The maximum atomic E-state index is 14.7. The number of unbranched alkanes of at least 4 members (excludes halogenated alkanes) is 2. The Hall–Kier alpha value is -11.9. The average Bonchev–Trinajstić information content (AvgIpc) is 1.58. The molecule has 3 aliphatic rings. The fourth-order valence-electron chi connectivity index (χ4n) is 12.9. The number of carboxylic acid groups (broad SMARTS) is 2. The van der Waals surface area contributed by atoms with Crippen LogP contribution >= 0.6 is 0 Å². The molecular formula is C74H109N19O21. The predicted molar refractivity (Wildman–Crippen MR) is 406 cm³/mol. The minimum absolute atomic E-state index is 0.00301. The molecule has 23 N–H and O–H groups in total. The Morgan fingerprint density at radius 1 is 0.535 bits per heavy atom. The summed E-state index contributed by atoms with van der Waals surface area (Å²) in [6.45, 7) is 6.43. The van der Waals surface area contributed by atoms with Crippen LogP contribution in [0.2, 0.25) is 0 Å². The van der Waals surface area contributed by atoms with Gasteiger partial charge in [-0.3, -0.25) is 91.3 Å². The largest absolute Gasteiger partial charge is 0.481 e. The van der Waals surface area contributed by atoms with E-state index in [1.165, 1.54) is 11.8 Å². The van der Waals surface area contributed by atoms with Crippen molar-refractivity contribution in [1.82, 2.24) is 79.3 Å². The molecule has 0 aliphatic carbocycles. The number of amides is 16. The van der Waals surface area contributed by atoms with Crippen molar-refractivity contribution in [3.05, 3.63) is 71.8 Å². The number of likely N-dealkylation sites (tertiary alicyclic amines) is 1. The lowest BCUT2D eigenvalue weighted by Gasteiger charge is -2.30. The number of carboxylic acids is 2. The standard InChI is InChI=1S/C74H109N19O21/c1-6-40(4)60-72(113)85-46(25-17-31-80-74(76)77)65(106)88-50(69(110)91-59(39(2)3)61(75)102)36-56(97)83-45(64(105)90-53(38-94)70(111)92-60)24-13-15-29-78-62(103)49-35-55(96)82-44(23-14-16-30-79-71(112)54-26-18-32-93(54)73(114)52(81-41(5)95)34-43-21-11-8-12-22-43)63(104)89-51(37-58(100)101)68(109)84-47(27-28-57(98)99)66(107)86-48(67(108)87-49)33-42-19-9-7-10-20-42/h7-12,19-22,39-40,44-54,59-60,94H,6,13-18,23-38H2,1-5H3,(H2,75,102)(H,78,103)(H,79,112)(H,81,95)(H,82,96)(H,83,97)(H,84,109)(H,85,113)(H,86,107)(H,87,108)(H,88,106)(H,89,104)(H,90,105)(H,91,110)(H,92,111)(H,98,99)(H,100,101)(H4,76,77,80)/t40-,44?,45?,46?,47?,48?,49?,50?,51-,52-,53-,54-,59-,60-/m0/s1. The second-order valence-electron chi connectivity index (χ2n) is 28.6. The molecule has 16 amide bonds. The third kappa shape index (κ3) is 31.0. The molecule has 3 saturated heterocycles. The molecule has 0 aromatic heterocycles. The van der Waals surface area contributed by atoms with Crippen LogP contribution in [0.25, 0.3) is 0 Å². The summed E-state index contributed by atoms with van der Waals surface area (Å²) in [6.07, 6.45) is -4.41. The van der Waals surface area contributed by atoms with Gasteiger partial charge in [-0.05, 0) is 93.6 Å². The summed E-state index contributed by atoms with van der Waals surface area (Å²) >= 11 is 0. The molecule has 3 aliphatic heterocycles.